The molecule has 0 saturated carbocycles. The zero-order chi connectivity index (χ0) is 15.2. The lowest BCUT2D eigenvalue weighted by atomic mass is 9.97. The van der Waals surface area contributed by atoms with Gasteiger partial charge in [-0.2, -0.15) is 0 Å². The van der Waals surface area contributed by atoms with Crippen LogP contribution in [0.1, 0.15) is 48.0 Å². The van der Waals surface area contributed by atoms with Gasteiger partial charge in [0.2, 0.25) is 0 Å². The Hall–Kier alpha value is -1.77. The maximum absolute atomic E-state index is 12.2. The largest absolute Gasteiger partial charge is 0.377 e. The molecule has 0 atom stereocenters. The van der Waals surface area contributed by atoms with Crippen LogP contribution in [0.25, 0.3) is 0 Å². The molecule has 0 aliphatic heterocycles. The van der Waals surface area contributed by atoms with Crippen LogP contribution in [0, 0.1) is 6.92 Å². The zero-order valence-corrected chi connectivity index (χ0v) is 13.4. The molecule has 1 N–H and O–H groups in total. The Kier molecular flexibility index (Phi) is 5.43. The van der Waals surface area contributed by atoms with Gasteiger partial charge in [0.05, 0.1) is 0 Å². The molecule has 0 unspecified atom stereocenters. The number of benzene rings is 1. The molecule has 0 radical (unpaired) electrons. The maximum atomic E-state index is 12.2. The van der Waals surface area contributed by atoms with E-state index in [0.717, 1.165) is 29.8 Å². The molecule has 0 fully saturated rings. The summed E-state index contributed by atoms with van der Waals surface area (Å²) in [5, 5.41) is 3.03. The second-order valence-electron chi connectivity index (χ2n) is 6.01. The lowest BCUT2D eigenvalue weighted by molar-refractivity contribution is 0.0954. The lowest BCUT2D eigenvalue weighted by Crippen LogP contribution is -2.25. The molecule has 0 spiro atoms. The fourth-order valence-corrected chi connectivity index (χ4v) is 2.87. The fraction of sp³-hybridized carbons (Fsp3) is 0.500. The van der Waals surface area contributed by atoms with Crippen LogP contribution < -0.4 is 10.2 Å². The van der Waals surface area contributed by atoms with Crippen molar-refractivity contribution in [3.63, 3.8) is 0 Å². The van der Waals surface area contributed by atoms with Crippen molar-refractivity contribution >= 4 is 11.6 Å². The van der Waals surface area contributed by atoms with Crippen LogP contribution >= 0.6 is 0 Å². The molecule has 0 aromatic heterocycles. The van der Waals surface area contributed by atoms with Crippen LogP contribution in [0.5, 0.6) is 0 Å². The third-order valence-electron chi connectivity index (χ3n) is 4.06. The summed E-state index contributed by atoms with van der Waals surface area (Å²) in [4.78, 5) is 14.2. The van der Waals surface area contributed by atoms with E-state index in [1.807, 2.05) is 39.2 Å². The third-order valence-corrected chi connectivity index (χ3v) is 4.06. The highest BCUT2D eigenvalue weighted by Crippen LogP contribution is 2.20. The van der Waals surface area contributed by atoms with Crippen molar-refractivity contribution in [3.8, 4) is 0 Å². The molecule has 1 aromatic rings. The van der Waals surface area contributed by atoms with Crippen LogP contribution in [0.3, 0.4) is 0 Å². The van der Waals surface area contributed by atoms with Gasteiger partial charge in [-0.1, -0.05) is 11.6 Å². The molecule has 114 valence electrons. The fourth-order valence-electron chi connectivity index (χ4n) is 2.87. The second-order valence-corrected chi connectivity index (χ2v) is 6.01. The predicted octanol–water partition coefficient (Wildman–Crippen LogP) is 3.68. The quantitative estimate of drug-likeness (QED) is 0.837. The van der Waals surface area contributed by atoms with Crippen LogP contribution in [-0.4, -0.2) is 26.5 Å². The zero-order valence-electron chi connectivity index (χ0n) is 13.4. The Balaban J connectivity index is 1.88. The van der Waals surface area contributed by atoms with Gasteiger partial charge >= 0.3 is 0 Å². The molecule has 3 heteroatoms. The number of nitrogens with zero attached hydrogens (tertiary/aromatic N) is 1. The standard InChI is InChI=1S/C18H26N2O/c1-14-13-16(9-10-17(14)20(2)3)18(21)19-12-11-15-7-5-4-6-8-15/h7,9-10,13H,4-6,8,11-12H2,1-3H3,(H,19,21). The van der Waals surface area contributed by atoms with Crippen molar-refractivity contribution in [2.24, 2.45) is 0 Å². The number of hydrogen-bond acceptors (Lipinski definition) is 2. The third kappa shape index (κ3) is 4.35. The maximum Gasteiger partial charge on any atom is 0.251 e. The van der Waals surface area contributed by atoms with E-state index in [1.54, 1.807) is 0 Å². The smallest absolute Gasteiger partial charge is 0.251 e. The molecular formula is C18H26N2O. The number of nitrogens with one attached hydrogen (secondary N) is 1. The Morgan fingerprint density at radius 2 is 2.10 bits per heavy atom. The van der Waals surface area contributed by atoms with Crippen molar-refractivity contribution < 1.29 is 4.79 Å². The highest BCUT2D eigenvalue weighted by molar-refractivity contribution is 5.94. The van der Waals surface area contributed by atoms with Gasteiger partial charge < -0.3 is 10.2 Å². The van der Waals surface area contributed by atoms with E-state index in [2.05, 4.69) is 16.3 Å². The first-order valence-corrected chi connectivity index (χ1v) is 7.82. The van der Waals surface area contributed by atoms with E-state index < -0.39 is 0 Å². The summed E-state index contributed by atoms with van der Waals surface area (Å²) < 4.78 is 0. The van der Waals surface area contributed by atoms with Crippen molar-refractivity contribution in [2.45, 2.75) is 39.0 Å². The number of rotatable bonds is 5. The Morgan fingerprint density at radius 3 is 2.71 bits per heavy atom. The van der Waals surface area contributed by atoms with Crippen molar-refractivity contribution in [1.29, 1.82) is 0 Å². The van der Waals surface area contributed by atoms with E-state index in [-0.39, 0.29) is 5.91 Å². The lowest BCUT2D eigenvalue weighted by Gasteiger charge is -2.16. The number of hydrogen-bond donors (Lipinski definition) is 1. The van der Waals surface area contributed by atoms with E-state index in [0.29, 0.717) is 0 Å². The molecular weight excluding hydrogens is 260 g/mol. The highest BCUT2D eigenvalue weighted by Gasteiger charge is 2.09. The first-order chi connectivity index (χ1) is 10.1. The normalized spacial score (nSPS) is 14.5. The number of amides is 1. The van der Waals surface area contributed by atoms with Crippen molar-refractivity contribution in [2.75, 3.05) is 25.5 Å². The minimum absolute atomic E-state index is 0.0276. The van der Waals surface area contributed by atoms with Crippen LogP contribution in [-0.2, 0) is 0 Å². The van der Waals surface area contributed by atoms with Gasteiger partial charge in [0.25, 0.3) is 5.91 Å². The first-order valence-electron chi connectivity index (χ1n) is 7.82. The van der Waals surface area contributed by atoms with Crippen LogP contribution in [0.2, 0.25) is 0 Å². The topological polar surface area (TPSA) is 32.3 Å². The van der Waals surface area contributed by atoms with Gasteiger partial charge in [-0.15, -0.1) is 0 Å². The summed E-state index contributed by atoms with van der Waals surface area (Å²) in [5.74, 6) is 0.0276. The monoisotopic (exact) mass is 286 g/mol. The first kappa shape index (κ1) is 15.6. The number of allylic oxidation sites excluding steroid dienone is 1. The summed E-state index contributed by atoms with van der Waals surface area (Å²) in [6, 6.07) is 5.87. The Bertz CT molecular complexity index is 532. The molecule has 21 heavy (non-hydrogen) atoms. The second kappa shape index (κ2) is 7.30. The minimum atomic E-state index is 0.0276. The van der Waals surface area contributed by atoms with Gasteiger partial charge in [0.15, 0.2) is 0 Å². The summed E-state index contributed by atoms with van der Waals surface area (Å²) >= 11 is 0. The van der Waals surface area contributed by atoms with Gasteiger partial charge in [0, 0.05) is 31.9 Å². The van der Waals surface area contributed by atoms with Gasteiger partial charge in [-0.3, -0.25) is 4.79 Å². The van der Waals surface area contributed by atoms with Gasteiger partial charge in [0.1, 0.15) is 0 Å². The van der Waals surface area contributed by atoms with Gasteiger partial charge in [-0.25, -0.2) is 0 Å². The molecule has 1 aromatic carbocycles. The Morgan fingerprint density at radius 1 is 1.29 bits per heavy atom. The van der Waals surface area contributed by atoms with Crippen LogP contribution in [0.4, 0.5) is 5.69 Å². The molecule has 0 saturated heterocycles. The molecule has 0 bridgehead atoms. The number of carbonyl (C=O) groups excluding carboxylic acids is 1. The van der Waals surface area contributed by atoms with E-state index in [1.165, 1.54) is 31.3 Å². The molecule has 1 amide bonds. The summed E-state index contributed by atoms with van der Waals surface area (Å²) in [6.45, 7) is 2.78. The van der Waals surface area contributed by atoms with E-state index >= 15 is 0 Å². The SMILES string of the molecule is Cc1cc(C(=O)NCCC2=CCCCC2)ccc1N(C)C. The number of anilines is 1. The molecule has 1 aliphatic carbocycles. The number of aryl methyl sites for hydroxylation is 1. The average molecular weight is 286 g/mol. The molecule has 3 nitrogen and oxygen atoms in total. The number of carbonyl (C=O) groups is 1. The summed E-state index contributed by atoms with van der Waals surface area (Å²) in [7, 11) is 4.03. The van der Waals surface area contributed by atoms with E-state index in [4.69, 9.17) is 0 Å². The summed E-state index contributed by atoms with van der Waals surface area (Å²) in [6.07, 6.45) is 8.34. The highest BCUT2D eigenvalue weighted by atomic mass is 16.1. The Labute approximate surface area is 128 Å². The van der Waals surface area contributed by atoms with Crippen molar-refractivity contribution in [3.05, 3.63) is 41.0 Å². The average Bonchev–Trinajstić information content (AvgIpc) is 2.47. The molecule has 0 heterocycles. The summed E-state index contributed by atoms with van der Waals surface area (Å²) in [5.41, 5.74) is 4.53. The molecule has 2 rings (SSSR count). The van der Waals surface area contributed by atoms with Crippen molar-refractivity contribution in [1.82, 2.24) is 5.32 Å². The van der Waals surface area contributed by atoms with Gasteiger partial charge in [-0.05, 0) is 62.8 Å². The predicted molar refractivity (Wildman–Crippen MR) is 89.0 cm³/mol. The van der Waals surface area contributed by atoms with E-state index in [9.17, 15) is 4.79 Å². The van der Waals surface area contributed by atoms with Crippen LogP contribution in [0.15, 0.2) is 29.8 Å². The minimum Gasteiger partial charge on any atom is -0.377 e. The molecule has 1 aliphatic rings.